The van der Waals surface area contributed by atoms with E-state index < -0.39 is 12.1 Å². The molecule has 0 aliphatic rings. The van der Waals surface area contributed by atoms with Crippen molar-refractivity contribution >= 4 is 5.97 Å². The third-order valence-electron chi connectivity index (χ3n) is 3.64. The van der Waals surface area contributed by atoms with Crippen LogP contribution < -0.4 is 0 Å². The molecule has 0 saturated heterocycles. The highest BCUT2D eigenvalue weighted by Crippen LogP contribution is 2.12. The summed E-state index contributed by atoms with van der Waals surface area (Å²) in [6.07, 6.45) is 13.2. The second kappa shape index (κ2) is 14.8. The Labute approximate surface area is 123 Å². The summed E-state index contributed by atoms with van der Waals surface area (Å²) in [6, 6.07) is 0. The molecule has 4 nitrogen and oxygen atoms in total. The Morgan fingerprint density at radius 1 is 0.750 bits per heavy atom. The maximum absolute atomic E-state index is 10.3. The van der Waals surface area contributed by atoms with E-state index in [4.69, 9.17) is 15.3 Å². The number of aliphatic hydroxyl groups is 2. The lowest BCUT2D eigenvalue weighted by Gasteiger charge is -2.06. The first-order valence-electron chi connectivity index (χ1n) is 8.17. The Morgan fingerprint density at radius 3 is 1.55 bits per heavy atom. The molecule has 20 heavy (non-hydrogen) atoms. The third-order valence-corrected chi connectivity index (χ3v) is 3.64. The predicted molar refractivity (Wildman–Crippen MR) is 80.7 cm³/mol. The van der Waals surface area contributed by atoms with E-state index in [1.54, 1.807) is 0 Å². The van der Waals surface area contributed by atoms with Crippen molar-refractivity contribution in [1.29, 1.82) is 0 Å². The van der Waals surface area contributed by atoms with E-state index in [0.717, 1.165) is 32.1 Å². The van der Waals surface area contributed by atoms with Crippen molar-refractivity contribution in [1.82, 2.24) is 0 Å². The topological polar surface area (TPSA) is 77.8 Å². The molecule has 120 valence electrons. The van der Waals surface area contributed by atoms with Gasteiger partial charge in [0.15, 0.2) is 0 Å². The van der Waals surface area contributed by atoms with Crippen LogP contribution in [-0.2, 0) is 4.79 Å². The number of carboxylic acids is 1. The van der Waals surface area contributed by atoms with Gasteiger partial charge in [-0.05, 0) is 12.8 Å². The molecule has 0 radical (unpaired) electrons. The number of hydrogen-bond acceptors (Lipinski definition) is 3. The van der Waals surface area contributed by atoms with E-state index in [9.17, 15) is 4.79 Å². The zero-order chi connectivity index (χ0) is 15.1. The van der Waals surface area contributed by atoms with Gasteiger partial charge in [0.1, 0.15) is 0 Å². The number of carboxylic acid groups (broad SMARTS) is 1. The number of aliphatic carboxylic acids is 1. The van der Waals surface area contributed by atoms with Crippen LogP contribution in [0.4, 0.5) is 0 Å². The van der Waals surface area contributed by atoms with Crippen molar-refractivity contribution in [2.75, 3.05) is 6.61 Å². The molecule has 0 heterocycles. The third kappa shape index (κ3) is 15.4. The molecular weight excluding hydrogens is 256 g/mol. The average molecular weight is 288 g/mol. The van der Waals surface area contributed by atoms with Crippen LogP contribution in [0.25, 0.3) is 0 Å². The molecule has 4 heteroatoms. The van der Waals surface area contributed by atoms with Crippen molar-refractivity contribution in [2.45, 2.75) is 89.6 Å². The van der Waals surface area contributed by atoms with E-state index in [1.165, 1.54) is 38.5 Å². The van der Waals surface area contributed by atoms with Gasteiger partial charge >= 0.3 is 5.97 Å². The Morgan fingerprint density at radius 2 is 1.15 bits per heavy atom. The van der Waals surface area contributed by atoms with Crippen LogP contribution >= 0.6 is 0 Å². The minimum Gasteiger partial charge on any atom is -0.481 e. The molecule has 0 bridgehead atoms. The van der Waals surface area contributed by atoms with Gasteiger partial charge in [0.25, 0.3) is 0 Å². The number of aliphatic hydroxyl groups excluding tert-OH is 2. The van der Waals surface area contributed by atoms with Gasteiger partial charge in [-0.1, -0.05) is 64.2 Å². The van der Waals surface area contributed by atoms with E-state index in [1.807, 2.05) is 0 Å². The second-order valence-corrected chi connectivity index (χ2v) is 5.66. The Bertz CT molecular complexity index is 219. The van der Waals surface area contributed by atoms with E-state index in [0.29, 0.717) is 12.8 Å². The van der Waals surface area contributed by atoms with Crippen LogP contribution in [0.5, 0.6) is 0 Å². The Kier molecular flexibility index (Phi) is 14.3. The van der Waals surface area contributed by atoms with Gasteiger partial charge in [0.05, 0.1) is 12.7 Å². The number of carbonyl (C=O) groups is 1. The monoisotopic (exact) mass is 288 g/mol. The summed E-state index contributed by atoms with van der Waals surface area (Å²) in [4.78, 5) is 10.3. The molecule has 1 atom stereocenters. The Balaban J connectivity index is 3.01. The molecule has 0 aromatic heterocycles. The van der Waals surface area contributed by atoms with Gasteiger partial charge in [-0.15, -0.1) is 0 Å². The number of unbranched alkanes of at least 4 members (excludes halogenated alkanes) is 10. The van der Waals surface area contributed by atoms with Crippen LogP contribution in [0.15, 0.2) is 0 Å². The molecule has 0 fully saturated rings. The summed E-state index contributed by atoms with van der Waals surface area (Å²) < 4.78 is 0. The highest BCUT2D eigenvalue weighted by atomic mass is 16.4. The van der Waals surface area contributed by atoms with Crippen molar-refractivity contribution in [2.24, 2.45) is 0 Å². The van der Waals surface area contributed by atoms with E-state index >= 15 is 0 Å². The van der Waals surface area contributed by atoms with E-state index in [-0.39, 0.29) is 6.61 Å². The molecule has 0 spiro atoms. The standard InChI is InChI=1S/C16H32O4/c17-14-15(18)12-10-8-6-4-2-1-3-5-7-9-11-13-16(19)20/h15,17-18H,1-14H2,(H,19,20)/t15-/m0/s1. The first-order valence-corrected chi connectivity index (χ1v) is 8.17. The first-order chi connectivity index (χ1) is 9.66. The fraction of sp³-hybridized carbons (Fsp3) is 0.938. The summed E-state index contributed by atoms with van der Waals surface area (Å²) >= 11 is 0. The van der Waals surface area contributed by atoms with Crippen molar-refractivity contribution in [3.05, 3.63) is 0 Å². The quantitative estimate of drug-likeness (QED) is 0.403. The molecule has 0 aliphatic heterocycles. The summed E-state index contributed by atoms with van der Waals surface area (Å²) in [6.45, 7) is -0.119. The summed E-state index contributed by atoms with van der Waals surface area (Å²) in [5.74, 6) is -0.684. The molecule has 0 saturated carbocycles. The highest BCUT2D eigenvalue weighted by molar-refractivity contribution is 5.66. The summed E-state index contributed by atoms with van der Waals surface area (Å²) in [5.41, 5.74) is 0. The summed E-state index contributed by atoms with van der Waals surface area (Å²) in [5, 5.41) is 26.3. The summed E-state index contributed by atoms with van der Waals surface area (Å²) in [7, 11) is 0. The van der Waals surface area contributed by atoms with Crippen LogP contribution in [0.3, 0.4) is 0 Å². The normalized spacial score (nSPS) is 12.5. The molecule has 0 aromatic rings. The van der Waals surface area contributed by atoms with Crippen molar-refractivity contribution < 1.29 is 20.1 Å². The molecule has 0 aliphatic carbocycles. The van der Waals surface area contributed by atoms with Gasteiger partial charge in [-0.2, -0.15) is 0 Å². The maximum Gasteiger partial charge on any atom is 0.303 e. The average Bonchev–Trinajstić information content (AvgIpc) is 2.43. The number of rotatable bonds is 15. The minimum absolute atomic E-state index is 0.119. The Hall–Kier alpha value is -0.610. The maximum atomic E-state index is 10.3. The minimum atomic E-state index is -0.684. The van der Waals surface area contributed by atoms with Crippen LogP contribution in [-0.4, -0.2) is 34.0 Å². The fourth-order valence-corrected chi connectivity index (χ4v) is 2.34. The lowest BCUT2D eigenvalue weighted by Crippen LogP contribution is -2.10. The molecule has 0 amide bonds. The van der Waals surface area contributed by atoms with Gasteiger partial charge in [-0.3, -0.25) is 4.79 Å². The molecule has 0 aromatic carbocycles. The van der Waals surface area contributed by atoms with Gasteiger partial charge in [0.2, 0.25) is 0 Å². The van der Waals surface area contributed by atoms with Crippen molar-refractivity contribution in [3.8, 4) is 0 Å². The lowest BCUT2D eigenvalue weighted by atomic mass is 10.0. The number of hydrogen-bond donors (Lipinski definition) is 3. The van der Waals surface area contributed by atoms with Crippen LogP contribution in [0.1, 0.15) is 83.5 Å². The van der Waals surface area contributed by atoms with Crippen molar-refractivity contribution in [3.63, 3.8) is 0 Å². The van der Waals surface area contributed by atoms with Gasteiger partial charge in [-0.25, -0.2) is 0 Å². The fourth-order valence-electron chi connectivity index (χ4n) is 2.34. The van der Waals surface area contributed by atoms with Gasteiger partial charge < -0.3 is 15.3 Å². The second-order valence-electron chi connectivity index (χ2n) is 5.66. The molecule has 0 unspecified atom stereocenters. The van der Waals surface area contributed by atoms with Crippen LogP contribution in [0, 0.1) is 0 Å². The molecule has 0 rings (SSSR count). The molecule has 3 N–H and O–H groups in total. The highest BCUT2D eigenvalue weighted by Gasteiger charge is 2.00. The zero-order valence-electron chi connectivity index (χ0n) is 12.7. The predicted octanol–water partition coefficient (Wildman–Crippen LogP) is 3.50. The lowest BCUT2D eigenvalue weighted by molar-refractivity contribution is -0.137. The first kappa shape index (κ1) is 19.4. The van der Waals surface area contributed by atoms with Gasteiger partial charge in [0, 0.05) is 6.42 Å². The van der Waals surface area contributed by atoms with E-state index in [2.05, 4.69) is 0 Å². The SMILES string of the molecule is O=C(O)CCCCCCCCCCCCC[C@H](O)CO. The van der Waals surface area contributed by atoms with Crippen LogP contribution in [0.2, 0.25) is 0 Å². The zero-order valence-corrected chi connectivity index (χ0v) is 12.7. The smallest absolute Gasteiger partial charge is 0.303 e. The molecular formula is C16H32O4. The largest absolute Gasteiger partial charge is 0.481 e.